The Morgan fingerprint density at radius 3 is 2.67 bits per heavy atom. The molecule has 15 heavy (non-hydrogen) atoms. The van der Waals surface area contributed by atoms with Gasteiger partial charge < -0.3 is 16.8 Å². The van der Waals surface area contributed by atoms with E-state index in [1.807, 2.05) is 0 Å². The molecule has 0 atom stereocenters. The van der Waals surface area contributed by atoms with E-state index in [0.29, 0.717) is 11.3 Å². The number of nitrogen functional groups attached to an aromatic ring is 1. The number of benzene rings is 1. The van der Waals surface area contributed by atoms with Crippen molar-refractivity contribution in [1.29, 1.82) is 0 Å². The second-order valence-corrected chi connectivity index (χ2v) is 3.22. The lowest BCUT2D eigenvalue weighted by atomic mass is 10.1. The number of nitrogens with one attached hydrogen (secondary N) is 1. The number of carbonyl (C=O) groups is 2. The summed E-state index contributed by atoms with van der Waals surface area (Å²) in [7, 11) is 0. The zero-order valence-electron chi connectivity index (χ0n) is 8.41. The maximum absolute atomic E-state index is 11.5. The molecule has 0 radical (unpaired) electrons. The summed E-state index contributed by atoms with van der Waals surface area (Å²) < 4.78 is 0. The predicted molar refractivity (Wildman–Crippen MR) is 57.1 cm³/mol. The zero-order valence-corrected chi connectivity index (χ0v) is 8.41. The lowest BCUT2D eigenvalue weighted by Gasteiger charge is -2.06. The van der Waals surface area contributed by atoms with E-state index in [1.165, 1.54) is 0 Å². The van der Waals surface area contributed by atoms with Gasteiger partial charge in [-0.3, -0.25) is 9.59 Å². The first-order valence-corrected chi connectivity index (χ1v) is 4.43. The number of rotatable bonds is 3. The van der Waals surface area contributed by atoms with Crippen molar-refractivity contribution in [3.8, 4) is 0 Å². The third-order valence-corrected chi connectivity index (χ3v) is 1.93. The van der Waals surface area contributed by atoms with Crippen LogP contribution in [-0.4, -0.2) is 18.4 Å². The Morgan fingerprint density at radius 2 is 2.07 bits per heavy atom. The molecule has 5 nitrogen and oxygen atoms in total. The third-order valence-electron chi connectivity index (χ3n) is 1.93. The number of hydrogen-bond acceptors (Lipinski definition) is 3. The molecule has 0 saturated heterocycles. The molecule has 5 N–H and O–H groups in total. The van der Waals surface area contributed by atoms with E-state index >= 15 is 0 Å². The van der Waals surface area contributed by atoms with Gasteiger partial charge in [0.15, 0.2) is 0 Å². The van der Waals surface area contributed by atoms with Gasteiger partial charge in [-0.25, -0.2) is 0 Å². The Morgan fingerprint density at radius 1 is 1.40 bits per heavy atom. The van der Waals surface area contributed by atoms with Crippen molar-refractivity contribution in [2.75, 3.05) is 12.3 Å². The smallest absolute Gasteiger partial charge is 0.252 e. The van der Waals surface area contributed by atoms with Crippen molar-refractivity contribution in [3.63, 3.8) is 0 Å². The Bertz CT molecular complexity index is 402. The average molecular weight is 207 g/mol. The summed E-state index contributed by atoms with van der Waals surface area (Å²) in [6, 6.07) is 5.01. The summed E-state index contributed by atoms with van der Waals surface area (Å²) in [5, 5.41) is 2.40. The van der Waals surface area contributed by atoms with Crippen LogP contribution < -0.4 is 16.8 Å². The van der Waals surface area contributed by atoms with Crippen LogP contribution in [0.4, 0.5) is 5.69 Å². The number of hydrogen-bond donors (Lipinski definition) is 3. The lowest BCUT2D eigenvalue weighted by molar-refractivity contribution is -0.117. The van der Waals surface area contributed by atoms with Gasteiger partial charge in [-0.15, -0.1) is 0 Å². The van der Waals surface area contributed by atoms with E-state index in [-0.39, 0.29) is 12.5 Å². The van der Waals surface area contributed by atoms with Crippen molar-refractivity contribution in [3.05, 3.63) is 29.3 Å². The Kier molecular flexibility index (Phi) is 3.28. The number of nitrogens with two attached hydrogens (primary N) is 2. The fourth-order valence-electron chi connectivity index (χ4n) is 1.15. The number of primary amides is 1. The largest absolute Gasteiger partial charge is 0.399 e. The second kappa shape index (κ2) is 4.45. The molecule has 0 saturated carbocycles. The minimum atomic E-state index is -0.579. The van der Waals surface area contributed by atoms with E-state index in [1.54, 1.807) is 25.1 Å². The van der Waals surface area contributed by atoms with Crippen LogP contribution in [0, 0.1) is 6.92 Å². The normalized spacial score (nSPS) is 9.67. The van der Waals surface area contributed by atoms with Gasteiger partial charge in [0.1, 0.15) is 0 Å². The van der Waals surface area contributed by atoms with Crippen molar-refractivity contribution in [2.24, 2.45) is 5.73 Å². The quantitative estimate of drug-likeness (QED) is 0.598. The highest BCUT2D eigenvalue weighted by atomic mass is 16.2. The number of amides is 2. The number of aryl methyl sites for hydroxylation is 1. The van der Waals surface area contributed by atoms with Crippen LogP contribution >= 0.6 is 0 Å². The Labute approximate surface area is 87.4 Å². The molecule has 0 bridgehead atoms. The molecule has 0 aromatic heterocycles. The van der Waals surface area contributed by atoms with Crippen LogP contribution in [0.3, 0.4) is 0 Å². The standard InChI is InChI=1S/C10H13N3O2/c1-6-2-3-7(11)4-8(6)10(15)13-5-9(12)14/h2-4H,5,11H2,1H3,(H2,12,14)(H,13,15). The highest BCUT2D eigenvalue weighted by molar-refractivity contribution is 5.98. The van der Waals surface area contributed by atoms with Crippen LogP contribution in [0.25, 0.3) is 0 Å². The second-order valence-electron chi connectivity index (χ2n) is 3.22. The molecule has 0 heterocycles. The number of carbonyl (C=O) groups excluding carboxylic acids is 2. The minimum Gasteiger partial charge on any atom is -0.399 e. The summed E-state index contributed by atoms with van der Waals surface area (Å²) in [5.41, 5.74) is 12.2. The highest BCUT2D eigenvalue weighted by Crippen LogP contribution is 2.12. The number of anilines is 1. The molecule has 80 valence electrons. The van der Waals surface area contributed by atoms with Crippen LogP contribution in [0.2, 0.25) is 0 Å². The fourth-order valence-corrected chi connectivity index (χ4v) is 1.15. The van der Waals surface area contributed by atoms with Gasteiger partial charge in [-0.1, -0.05) is 6.07 Å². The fraction of sp³-hybridized carbons (Fsp3) is 0.200. The SMILES string of the molecule is Cc1ccc(N)cc1C(=O)NCC(N)=O. The molecular formula is C10H13N3O2. The van der Waals surface area contributed by atoms with Crippen LogP contribution in [0.5, 0.6) is 0 Å². The Balaban J connectivity index is 2.81. The molecule has 5 heteroatoms. The highest BCUT2D eigenvalue weighted by Gasteiger charge is 2.09. The van der Waals surface area contributed by atoms with Gasteiger partial charge in [0.25, 0.3) is 5.91 Å². The van der Waals surface area contributed by atoms with Crippen molar-refractivity contribution in [2.45, 2.75) is 6.92 Å². The molecule has 1 rings (SSSR count). The summed E-state index contributed by atoms with van der Waals surface area (Å²) in [4.78, 5) is 22.0. The van der Waals surface area contributed by atoms with Crippen LogP contribution in [0.15, 0.2) is 18.2 Å². The molecular weight excluding hydrogens is 194 g/mol. The predicted octanol–water partition coefficient (Wildman–Crippen LogP) is -0.208. The molecule has 1 aromatic carbocycles. The van der Waals surface area contributed by atoms with Crippen molar-refractivity contribution in [1.82, 2.24) is 5.32 Å². The summed E-state index contributed by atoms with van der Waals surface area (Å²) in [5.74, 6) is -0.927. The van der Waals surface area contributed by atoms with E-state index < -0.39 is 5.91 Å². The molecule has 1 aromatic rings. The molecule has 0 spiro atoms. The van der Waals surface area contributed by atoms with Crippen molar-refractivity contribution < 1.29 is 9.59 Å². The van der Waals surface area contributed by atoms with E-state index in [2.05, 4.69) is 5.32 Å². The van der Waals surface area contributed by atoms with Gasteiger partial charge in [0.2, 0.25) is 5.91 Å². The van der Waals surface area contributed by atoms with Gasteiger partial charge in [0.05, 0.1) is 6.54 Å². The van der Waals surface area contributed by atoms with Gasteiger partial charge in [0, 0.05) is 11.3 Å². The first kappa shape index (κ1) is 11.0. The molecule has 0 aliphatic rings. The molecule has 2 amide bonds. The lowest BCUT2D eigenvalue weighted by Crippen LogP contribution is -2.33. The molecule has 0 aliphatic heterocycles. The molecule has 0 unspecified atom stereocenters. The van der Waals surface area contributed by atoms with E-state index in [0.717, 1.165) is 5.56 Å². The van der Waals surface area contributed by atoms with Crippen molar-refractivity contribution >= 4 is 17.5 Å². The zero-order chi connectivity index (χ0) is 11.4. The molecule has 0 fully saturated rings. The van der Waals surface area contributed by atoms with Crippen LogP contribution in [-0.2, 0) is 4.79 Å². The van der Waals surface area contributed by atoms with Gasteiger partial charge >= 0.3 is 0 Å². The molecule has 0 aliphatic carbocycles. The first-order chi connectivity index (χ1) is 7.00. The van der Waals surface area contributed by atoms with E-state index in [9.17, 15) is 9.59 Å². The Hall–Kier alpha value is -2.04. The summed E-state index contributed by atoms with van der Waals surface area (Å²) >= 11 is 0. The van der Waals surface area contributed by atoms with Gasteiger partial charge in [-0.2, -0.15) is 0 Å². The van der Waals surface area contributed by atoms with E-state index in [4.69, 9.17) is 11.5 Å². The maximum atomic E-state index is 11.5. The minimum absolute atomic E-state index is 0.174. The summed E-state index contributed by atoms with van der Waals surface area (Å²) in [6.07, 6.45) is 0. The topological polar surface area (TPSA) is 98.2 Å². The third kappa shape index (κ3) is 2.98. The first-order valence-electron chi connectivity index (χ1n) is 4.43. The summed E-state index contributed by atoms with van der Waals surface area (Å²) in [6.45, 7) is 1.62. The van der Waals surface area contributed by atoms with Gasteiger partial charge in [-0.05, 0) is 24.6 Å². The van der Waals surface area contributed by atoms with Crippen LogP contribution in [0.1, 0.15) is 15.9 Å². The average Bonchev–Trinajstić information content (AvgIpc) is 2.18. The maximum Gasteiger partial charge on any atom is 0.252 e. The monoisotopic (exact) mass is 207 g/mol.